The quantitative estimate of drug-likeness (QED) is 0.744. The van der Waals surface area contributed by atoms with E-state index in [9.17, 15) is 0 Å². The van der Waals surface area contributed by atoms with Crippen molar-refractivity contribution in [3.63, 3.8) is 0 Å². The molecule has 2 rings (SSSR count). The standard InChI is InChI=1S/C13H16N2/c1-3-12-9-14-15(10-12)11(2)13-7-5-4-6-8-13/h4-11H,3H2,1-2H3/t11-/m0/s1. The first-order valence-electron chi connectivity index (χ1n) is 5.39. The van der Waals surface area contributed by atoms with Crippen LogP contribution < -0.4 is 0 Å². The molecular weight excluding hydrogens is 184 g/mol. The Hall–Kier alpha value is -1.57. The average molecular weight is 200 g/mol. The van der Waals surface area contributed by atoms with Crippen molar-refractivity contribution in [2.45, 2.75) is 26.3 Å². The smallest absolute Gasteiger partial charge is 0.0740 e. The molecule has 1 aromatic carbocycles. The van der Waals surface area contributed by atoms with Crippen LogP contribution in [0.5, 0.6) is 0 Å². The van der Waals surface area contributed by atoms with Gasteiger partial charge in [0.25, 0.3) is 0 Å². The molecule has 0 bridgehead atoms. The van der Waals surface area contributed by atoms with Crippen LogP contribution >= 0.6 is 0 Å². The molecule has 0 spiro atoms. The van der Waals surface area contributed by atoms with Gasteiger partial charge in [-0.05, 0) is 24.5 Å². The number of aromatic nitrogens is 2. The van der Waals surface area contributed by atoms with E-state index in [1.807, 2.05) is 16.9 Å². The van der Waals surface area contributed by atoms with E-state index in [0.717, 1.165) is 6.42 Å². The van der Waals surface area contributed by atoms with Crippen molar-refractivity contribution < 1.29 is 0 Å². The summed E-state index contributed by atoms with van der Waals surface area (Å²) in [7, 11) is 0. The van der Waals surface area contributed by atoms with E-state index in [-0.39, 0.29) is 0 Å². The maximum Gasteiger partial charge on any atom is 0.0740 e. The maximum atomic E-state index is 4.38. The molecule has 0 radical (unpaired) electrons. The third kappa shape index (κ3) is 2.09. The molecule has 2 heteroatoms. The highest BCUT2D eigenvalue weighted by Crippen LogP contribution is 2.16. The summed E-state index contributed by atoms with van der Waals surface area (Å²) in [5.74, 6) is 0. The van der Waals surface area contributed by atoms with Crippen molar-refractivity contribution in [3.8, 4) is 0 Å². The van der Waals surface area contributed by atoms with Crippen molar-refractivity contribution in [1.29, 1.82) is 0 Å². The van der Waals surface area contributed by atoms with E-state index in [2.05, 4.69) is 49.4 Å². The van der Waals surface area contributed by atoms with Crippen LogP contribution in [-0.2, 0) is 6.42 Å². The summed E-state index contributed by atoms with van der Waals surface area (Å²) in [6.07, 6.45) is 5.11. The fourth-order valence-electron chi connectivity index (χ4n) is 1.66. The Bertz CT molecular complexity index is 417. The number of aryl methyl sites for hydroxylation is 1. The van der Waals surface area contributed by atoms with Crippen molar-refractivity contribution in [2.75, 3.05) is 0 Å². The third-order valence-corrected chi connectivity index (χ3v) is 2.74. The summed E-state index contributed by atoms with van der Waals surface area (Å²) in [5.41, 5.74) is 2.58. The summed E-state index contributed by atoms with van der Waals surface area (Å²) in [6, 6.07) is 10.8. The lowest BCUT2D eigenvalue weighted by atomic mass is 10.1. The van der Waals surface area contributed by atoms with E-state index < -0.39 is 0 Å². The first kappa shape index (κ1) is 9.97. The van der Waals surface area contributed by atoms with Crippen LogP contribution in [0, 0.1) is 0 Å². The minimum absolute atomic E-state index is 0.312. The number of nitrogens with zero attached hydrogens (tertiary/aromatic N) is 2. The second-order valence-corrected chi connectivity index (χ2v) is 3.77. The molecule has 0 N–H and O–H groups in total. The number of rotatable bonds is 3. The first-order chi connectivity index (χ1) is 7.31. The Morgan fingerprint density at radius 3 is 2.60 bits per heavy atom. The van der Waals surface area contributed by atoms with Gasteiger partial charge in [0.1, 0.15) is 0 Å². The van der Waals surface area contributed by atoms with Crippen LogP contribution in [0.1, 0.15) is 31.0 Å². The normalized spacial score (nSPS) is 12.7. The zero-order valence-corrected chi connectivity index (χ0v) is 9.22. The summed E-state index contributed by atoms with van der Waals surface area (Å²) in [4.78, 5) is 0. The summed E-state index contributed by atoms with van der Waals surface area (Å²) >= 11 is 0. The predicted molar refractivity (Wildman–Crippen MR) is 61.9 cm³/mol. The maximum absolute atomic E-state index is 4.38. The van der Waals surface area contributed by atoms with E-state index in [1.54, 1.807) is 0 Å². The molecule has 15 heavy (non-hydrogen) atoms. The fourth-order valence-corrected chi connectivity index (χ4v) is 1.66. The van der Waals surface area contributed by atoms with Crippen LogP contribution in [0.4, 0.5) is 0 Å². The second-order valence-electron chi connectivity index (χ2n) is 3.77. The molecule has 0 unspecified atom stereocenters. The van der Waals surface area contributed by atoms with E-state index in [1.165, 1.54) is 11.1 Å². The van der Waals surface area contributed by atoms with Gasteiger partial charge in [-0.2, -0.15) is 5.10 Å². The minimum Gasteiger partial charge on any atom is -0.265 e. The Labute approximate surface area is 90.6 Å². The van der Waals surface area contributed by atoms with E-state index in [4.69, 9.17) is 0 Å². The molecule has 0 saturated heterocycles. The zero-order valence-electron chi connectivity index (χ0n) is 9.22. The minimum atomic E-state index is 0.312. The molecule has 0 saturated carbocycles. The van der Waals surface area contributed by atoms with Crippen molar-refractivity contribution in [2.24, 2.45) is 0 Å². The van der Waals surface area contributed by atoms with Crippen molar-refractivity contribution in [1.82, 2.24) is 9.78 Å². The Balaban J connectivity index is 2.24. The highest BCUT2D eigenvalue weighted by Gasteiger charge is 2.07. The van der Waals surface area contributed by atoms with Gasteiger partial charge in [-0.15, -0.1) is 0 Å². The summed E-state index contributed by atoms with van der Waals surface area (Å²) in [6.45, 7) is 4.32. The SMILES string of the molecule is CCc1cnn([C@@H](C)c2ccccc2)c1. The largest absolute Gasteiger partial charge is 0.265 e. The monoisotopic (exact) mass is 200 g/mol. The Kier molecular flexibility index (Phi) is 2.86. The Morgan fingerprint density at radius 1 is 1.27 bits per heavy atom. The van der Waals surface area contributed by atoms with Gasteiger partial charge in [0.15, 0.2) is 0 Å². The second kappa shape index (κ2) is 4.30. The van der Waals surface area contributed by atoms with Gasteiger partial charge >= 0.3 is 0 Å². The van der Waals surface area contributed by atoms with Crippen LogP contribution in [0.3, 0.4) is 0 Å². The molecule has 0 aliphatic carbocycles. The third-order valence-electron chi connectivity index (χ3n) is 2.74. The van der Waals surface area contributed by atoms with Gasteiger partial charge in [0.05, 0.1) is 12.2 Å². The fraction of sp³-hybridized carbons (Fsp3) is 0.308. The lowest BCUT2D eigenvalue weighted by Gasteiger charge is -2.11. The molecule has 2 nitrogen and oxygen atoms in total. The molecule has 1 aromatic heterocycles. The number of hydrogen-bond donors (Lipinski definition) is 0. The van der Waals surface area contributed by atoms with Gasteiger partial charge in [-0.25, -0.2) is 0 Å². The van der Waals surface area contributed by atoms with Crippen molar-refractivity contribution in [3.05, 3.63) is 53.9 Å². The average Bonchev–Trinajstić information content (AvgIpc) is 2.78. The van der Waals surface area contributed by atoms with E-state index >= 15 is 0 Å². The molecule has 0 aliphatic heterocycles. The first-order valence-corrected chi connectivity index (χ1v) is 5.39. The van der Waals surface area contributed by atoms with Crippen LogP contribution in [-0.4, -0.2) is 9.78 Å². The van der Waals surface area contributed by atoms with Gasteiger partial charge in [-0.1, -0.05) is 37.3 Å². The lowest BCUT2D eigenvalue weighted by Crippen LogP contribution is -2.06. The van der Waals surface area contributed by atoms with E-state index in [0.29, 0.717) is 6.04 Å². The highest BCUT2D eigenvalue weighted by molar-refractivity contribution is 5.19. The molecule has 2 aromatic rings. The lowest BCUT2D eigenvalue weighted by molar-refractivity contribution is 0.564. The topological polar surface area (TPSA) is 17.8 Å². The molecule has 78 valence electrons. The molecular formula is C13H16N2. The predicted octanol–water partition coefficient (Wildman–Crippen LogP) is 3.05. The van der Waals surface area contributed by atoms with Gasteiger partial charge in [-0.3, -0.25) is 4.68 Å². The zero-order chi connectivity index (χ0) is 10.7. The Morgan fingerprint density at radius 2 is 2.00 bits per heavy atom. The van der Waals surface area contributed by atoms with Crippen LogP contribution in [0.25, 0.3) is 0 Å². The van der Waals surface area contributed by atoms with Crippen LogP contribution in [0.2, 0.25) is 0 Å². The molecule has 0 fully saturated rings. The molecule has 0 aliphatic rings. The van der Waals surface area contributed by atoms with Crippen LogP contribution in [0.15, 0.2) is 42.7 Å². The van der Waals surface area contributed by atoms with Gasteiger partial charge in [0.2, 0.25) is 0 Å². The highest BCUT2D eigenvalue weighted by atomic mass is 15.3. The summed E-state index contributed by atoms with van der Waals surface area (Å²) in [5, 5.41) is 4.38. The van der Waals surface area contributed by atoms with Crippen molar-refractivity contribution >= 4 is 0 Å². The molecule has 1 heterocycles. The van der Waals surface area contributed by atoms with Gasteiger partial charge < -0.3 is 0 Å². The molecule has 1 atom stereocenters. The molecule has 0 amide bonds. The number of benzene rings is 1. The van der Waals surface area contributed by atoms with Gasteiger partial charge in [0, 0.05) is 6.20 Å². The summed E-state index contributed by atoms with van der Waals surface area (Å²) < 4.78 is 2.02. The number of hydrogen-bond acceptors (Lipinski definition) is 1.